The summed E-state index contributed by atoms with van der Waals surface area (Å²) in [5, 5.41) is 10.3. The summed E-state index contributed by atoms with van der Waals surface area (Å²) >= 11 is 6.74. The topological polar surface area (TPSA) is 42.4 Å². The Labute approximate surface area is 128 Å². The minimum Gasteiger partial charge on any atom is -0.496 e. The van der Waals surface area contributed by atoms with Gasteiger partial charge in [0, 0.05) is 32.8 Å². The van der Waals surface area contributed by atoms with Crippen molar-refractivity contribution in [3.8, 4) is 5.75 Å². The van der Waals surface area contributed by atoms with Crippen molar-refractivity contribution in [2.75, 3.05) is 7.11 Å². The van der Waals surface area contributed by atoms with Crippen LogP contribution in [0, 0.1) is 0 Å². The summed E-state index contributed by atoms with van der Waals surface area (Å²) in [6.45, 7) is 0. The van der Waals surface area contributed by atoms with E-state index in [-0.39, 0.29) is 0 Å². The van der Waals surface area contributed by atoms with Crippen LogP contribution >= 0.6 is 31.9 Å². The molecule has 0 spiro atoms. The van der Waals surface area contributed by atoms with Gasteiger partial charge >= 0.3 is 0 Å². The van der Waals surface area contributed by atoms with Gasteiger partial charge < -0.3 is 9.84 Å². The van der Waals surface area contributed by atoms with Crippen molar-refractivity contribution in [2.24, 2.45) is 0 Å². The fourth-order valence-corrected chi connectivity index (χ4v) is 2.41. The van der Waals surface area contributed by atoms with E-state index in [1.54, 1.807) is 13.3 Å². The first kappa shape index (κ1) is 14.5. The van der Waals surface area contributed by atoms with Crippen molar-refractivity contribution >= 4 is 31.9 Å². The number of hydrogen-bond acceptors (Lipinski definition) is 3. The second kappa shape index (κ2) is 6.50. The average molecular weight is 387 g/mol. The van der Waals surface area contributed by atoms with Gasteiger partial charge in [-0.25, -0.2) is 0 Å². The third-order valence-corrected chi connectivity index (χ3v) is 3.70. The van der Waals surface area contributed by atoms with Crippen LogP contribution in [0.5, 0.6) is 5.75 Å². The molecule has 1 heterocycles. The number of methoxy groups -OCH3 is 1. The van der Waals surface area contributed by atoms with E-state index in [4.69, 9.17) is 4.74 Å². The molecule has 0 radical (unpaired) electrons. The number of aliphatic hydroxyl groups is 1. The zero-order chi connectivity index (χ0) is 13.8. The summed E-state index contributed by atoms with van der Waals surface area (Å²) in [6, 6.07) is 9.37. The SMILES string of the molecule is COc1ccc(Br)cc1C(O)Cc1ccc(Br)cn1. The summed E-state index contributed by atoms with van der Waals surface area (Å²) in [7, 11) is 1.59. The average Bonchev–Trinajstić information content (AvgIpc) is 2.41. The Bertz CT molecular complexity index is 558. The van der Waals surface area contributed by atoms with Crippen LogP contribution < -0.4 is 4.74 Å². The van der Waals surface area contributed by atoms with Crippen molar-refractivity contribution in [3.63, 3.8) is 0 Å². The van der Waals surface area contributed by atoms with Crippen molar-refractivity contribution in [3.05, 3.63) is 56.7 Å². The minimum absolute atomic E-state index is 0.445. The van der Waals surface area contributed by atoms with Gasteiger partial charge in [-0.1, -0.05) is 15.9 Å². The van der Waals surface area contributed by atoms with Crippen molar-refractivity contribution in [1.82, 2.24) is 4.98 Å². The van der Waals surface area contributed by atoms with E-state index in [1.807, 2.05) is 30.3 Å². The Hall–Kier alpha value is -0.910. The van der Waals surface area contributed by atoms with Crippen molar-refractivity contribution in [2.45, 2.75) is 12.5 Å². The standard InChI is InChI=1S/C14H13Br2NO2/c1-19-14-5-3-9(15)6-12(14)13(18)7-11-4-2-10(16)8-17-11/h2-6,8,13,18H,7H2,1H3. The van der Waals surface area contributed by atoms with E-state index in [0.29, 0.717) is 12.2 Å². The third-order valence-electron chi connectivity index (χ3n) is 2.74. The molecule has 1 N–H and O–H groups in total. The molecule has 5 heteroatoms. The quantitative estimate of drug-likeness (QED) is 0.866. The molecule has 1 unspecified atom stereocenters. The van der Waals surface area contributed by atoms with Gasteiger partial charge in [0.05, 0.1) is 13.2 Å². The second-order valence-corrected chi connectivity index (χ2v) is 5.91. The molecule has 0 aliphatic carbocycles. The van der Waals surface area contributed by atoms with Crippen LogP contribution in [0.1, 0.15) is 17.4 Å². The molecule has 100 valence electrons. The molecular formula is C14H13Br2NO2. The Morgan fingerprint density at radius 2 is 1.95 bits per heavy atom. The van der Waals surface area contributed by atoms with Gasteiger partial charge in [-0.3, -0.25) is 4.98 Å². The van der Waals surface area contributed by atoms with Gasteiger partial charge in [0.15, 0.2) is 0 Å². The molecule has 0 aliphatic heterocycles. The number of aliphatic hydroxyl groups excluding tert-OH is 1. The Balaban J connectivity index is 2.21. The van der Waals surface area contributed by atoms with Crippen LogP contribution in [0.2, 0.25) is 0 Å². The third kappa shape index (κ3) is 3.78. The smallest absolute Gasteiger partial charge is 0.124 e. The van der Waals surface area contributed by atoms with Crippen LogP contribution in [-0.2, 0) is 6.42 Å². The van der Waals surface area contributed by atoms with E-state index in [2.05, 4.69) is 36.8 Å². The van der Waals surface area contributed by atoms with E-state index in [9.17, 15) is 5.11 Å². The molecule has 19 heavy (non-hydrogen) atoms. The molecule has 0 saturated carbocycles. The highest BCUT2D eigenvalue weighted by Crippen LogP contribution is 2.30. The number of halogens is 2. The molecule has 0 saturated heterocycles. The predicted molar refractivity (Wildman–Crippen MR) is 81.3 cm³/mol. The largest absolute Gasteiger partial charge is 0.496 e. The Kier molecular flexibility index (Phi) is 4.96. The molecule has 3 nitrogen and oxygen atoms in total. The van der Waals surface area contributed by atoms with Gasteiger partial charge in [-0.15, -0.1) is 0 Å². The summed E-state index contributed by atoms with van der Waals surface area (Å²) in [5.41, 5.74) is 1.58. The number of benzene rings is 1. The highest BCUT2D eigenvalue weighted by Gasteiger charge is 2.15. The zero-order valence-electron chi connectivity index (χ0n) is 10.3. The van der Waals surface area contributed by atoms with Crippen LogP contribution in [-0.4, -0.2) is 17.2 Å². The summed E-state index contributed by atoms with van der Waals surface area (Å²) in [6.07, 6.45) is 1.52. The van der Waals surface area contributed by atoms with Crippen molar-refractivity contribution in [1.29, 1.82) is 0 Å². The summed E-state index contributed by atoms with van der Waals surface area (Å²) in [4.78, 5) is 4.26. The molecular weight excluding hydrogens is 374 g/mol. The number of hydrogen-bond donors (Lipinski definition) is 1. The highest BCUT2D eigenvalue weighted by molar-refractivity contribution is 9.10. The van der Waals surface area contributed by atoms with Gasteiger partial charge in [-0.05, 0) is 46.3 Å². The number of pyridine rings is 1. The van der Waals surface area contributed by atoms with Gasteiger partial charge in [0.1, 0.15) is 5.75 Å². The number of nitrogens with zero attached hydrogens (tertiary/aromatic N) is 1. The van der Waals surface area contributed by atoms with Crippen molar-refractivity contribution < 1.29 is 9.84 Å². The molecule has 0 aliphatic rings. The van der Waals surface area contributed by atoms with Gasteiger partial charge in [-0.2, -0.15) is 0 Å². The van der Waals surface area contributed by atoms with E-state index < -0.39 is 6.10 Å². The lowest BCUT2D eigenvalue weighted by atomic mass is 10.0. The molecule has 0 bridgehead atoms. The lowest BCUT2D eigenvalue weighted by molar-refractivity contribution is 0.172. The first-order chi connectivity index (χ1) is 9.10. The molecule has 1 atom stereocenters. The second-order valence-electron chi connectivity index (χ2n) is 4.07. The molecule has 1 aromatic heterocycles. The summed E-state index contributed by atoms with van der Waals surface area (Å²) < 4.78 is 7.10. The van der Waals surface area contributed by atoms with Gasteiger partial charge in [0.2, 0.25) is 0 Å². The Morgan fingerprint density at radius 1 is 1.21 bits per heavy atom. The van der Waals surface area contributed by atoms with E-state index in [1.165, 1.54) is 0 Å². The monoisotopic (exact) mass is 385 g/mol. The fourth-order valence-electron chi connectivity index (χ4n) is 1.80. The maximum atomic E-state index is 10.3. The number of aromatic nitrogens is 1. The first-order valence-corrected chi connectivity index (χ1v) is 7.30. The highest BCUT2D eigenvalue weighted by atomic mass is 79.9. The molecule has 0 fully saturated rings. The first-order valence-electron chi connectivity index (χ1n) is 5.72. The van der Waals surface area contributed by atoms with E-state index in [0.717, 1.165) is 20.2 Å². The predicted octanol–water partition coefficient (Wildman–Crippen LogP) is 3.89. The van der Waals surface area contributed by atoms with E-state index >= 15 is 0 Å². The molecule has 2 aromatic rings. The lowest BCUT2D eigenvalue weighted by Gasteiger charge is -2.15. The number of ether oxygens (including phenoxy) is 1. The maximum absolute atomic E-state index is 10.3. The zero-order valence-corrected chi connectivity index (χ0v) is 13.5. The van der Waals surface area contributed by atoms with Crippen LogP contribution in [0.3, 0.4) is 0 Å². The number of rotatable bonds is 4. The van der Waals surface area contributed by atoms with Gasteiger partial charge in [0.25, 0.3) is 0 Å². The summed E-state index contributed by atoms with van der Waals surface area (Å²) in [5.74, 6) is 0.674. The molecule has 2 rings (SSSR count). The Morgan fingerprint density at radius 3 is 2.58 bits per heavy atom. The lowest BCUT2D eigenvalue weighted by Crippen LogP contribution is -2.05. The molecule has 0 amide bonds. The maximum Gasteiger partial charge on any atom is 0.124 e. The fraction of sp³-hybridized carbons (Fsp3) is 0.214. The van der Waals surface area contributed by atoms with Crippen LogP contribution in [0.4, 0.5) is 0 Å². The van der Waals surface area contributed by atoms with Crippen LogP contribution in [0.25, 0.3) is 0 Å². The minimum atomic E-state index is -0.652. The normalized spacial score (nSPS) is 12.2. The molecule has 1 aromatic carbocycles. The van der Waals surface area contributed by atoms with Crippen LogP contribution in [0.15, 0.2) is 45.5 Å².